The normalized spacial score (nSPS) is 10.6. The van der Waals surface area contributed by atoms with Crippen molar-refractivity contribution in [2.45, 2.75) is 6.42 Å². The van der Waals surface area contributed by atoms with Crippen LogP contribution in [0, 0.1) is 10.1 Å². The summed E-state index contributed by atoms with van der Waals surface area (Å²) < 4.78 is 0. The molecule has 1 heterocycles. The van der Waals surface area contributed by atoms with Gasteiger partial charge in [0.2, 0.25) is 0 Å². The predicted molar refractivity (Wildman–Crippen MR) is 97.0 cm³/mol. The minimum absolute atomic E-state index is 0.119. The Kier molecular flexibility index (Phi) is 4.65. The Balaban J connectivity index is 1.66. The number of para-hydroxylation sites is 1. The number of hydrogen-bond donors (Lipinski definition) is 3. The lowest BCUT2D eigenvalue weighted by Gasteiger charge is -2.07. The standard InChI is InChI=1S/C18H18N4O3/c1-19-16-7-6-12(10-17(16)22(24)25)18(23)20-9-8-13-11-21-15-5-3-2-4-14(13)15/h2-7,10-11,19,21H,8-9H2,1H3,(H,20,23). The summed E-state index contributed by atoms with van der Waals surface area (Å²) in [7, 11) is 1.60. The quantitative estimate of drug-likeness (QED) is 0.475. The van der Waals surface area contributed by atoms with Gasteiger partial charge in [-0.05, 0) is 30.2 Å². The Morgan fingerprint density at radius 3 is 2.80 bits per heavy atom. The van der Waals surface area contributed by atoms with Crippen molar-refractivity contribution in [3.05, 3.63) is 69.9 Å². The molecule has 3 N–H and O–H groups in total. The Morgan fingerprint density at radius 1 is 1.24 bits per heavy atom. The number of nitrogens with one attached hydrogen (secondary N) is 3. The van der Waals surface area contributed by atoms with E-state index in [1.54, 1.807) is 13.1 Å². The van der Waals surface area contributed by atoms with E-state index in [0.29, 0.717) is 18.7 Å². The molecule has 0 saturated heterocycles. The van der Waals surface area contributed by atoms with Crippen LogP contribution in [0.25, 0.3) is 10.9 Å². The zero-order chi connectivity index (χ0) is 17.8. The summed E-state index contributed by atoms with van der Waals surface area (Å²) in [6.45, 7) is 0.447. The highest BCUT2D eigenvalue weighted by Crippen LogP contribution is 2.25. The number of amides is 1. The van der Waals surface area contributed by atoms with Crippen molar-refractivity contribution in [1.82, 2.24) is 10.3 Å². The molecule has 0 aliphatic rings. The fourth-order valence-corrected chi connectivity index (χ4v) is 2.79. The van der Waals surface area contributed by atoms with Gasteiger partial charge in [0.05, 0.1) is 4.92 Å². The van der Waals surface area contributed by atoms with E-state index in [4.69, 9.17) is 0 Å². The number of carbonyl (C=O) groups is 1. The molecule has 0 radical (unpaired) electrons. The van der Waals surface area contributed by atoms with Crippen LogP contribution in [0.15, 0.2) is 48.7 Å². The largest absolute Gasteiger partial charge is 0.383 e. The third kappa shape index (κ3) is 3.45. The lowest BCUT2D eigenvalue weighted by atomic mass is 10.1. The third-order valence-corrected chi connectivity index (χ3v) is 4.08. The second kappa shape index (κ2) is 7.04. The van der Waals surface area contributed by atoms with Gasteiger partial charge in [-0.2, -0.15) is 0 Å². The van der Waals surface area contributed by atoms with Crippen molar-refractivity contribution in [2.24, 2.45) is 0 Å². The third-order valence-electron chi connectivity index (χ3n) is 4.08. The molecule has 3 rings (SSSR count). The molecule has 7 heteroatoms. The van der Waals surface area contributed by atoms with Crippen molar-refractivity contribution in [2.75, 3.05) is 18.9 Å². The number of aromatic amines is 1. The van der Waals surface area contributed by atoms with E-state index in [1.165, 1.54) is 12.1 Å². The smallest absolute Gasteiger partial charge is 0.293 e. The summed E-state index contributed by atoms with van der Waals surface area (Å²) in [6, 6.07) is 12.4. The van der Waals surface area contributed by atoms with E-state index in [1.807, 2.05) is 30.5 Å². The average molecular weight is 338 g/mol. The van der Waals surface area contributed by atoms with Gasteiger partial charge in [-0.25, -0.2) is 0 Å². The Morgan fingerprint density at radius 2 is 2.04 bits per heavy atom. The number of anilines is 1. The number of hydrogen-bond acceptors (Lipinski definition) is 4. The summed E-state index contributed by atoms with van der Waals surface area (Å²) in [5, 5.41) is 17.8. The molecule has 0 aliphatic carbocycles. The molecule has 0 unspecified atom stereocenters. The first kappa shape index (κ1) is 16.5. The first-order chi connectivity index (χ1) is 12.1. The number of benzene rings is 2. The molecule has 7 nitrogen and oxygen atoms in total. The van der Waals surface area contributed by atoms with Crippen LogP contribution in [0.2, 0.25) is 0 Å². The maximum absolute atomic E-state index is 12.2. The van der Waals surface area contributed by atoms with Crippen molar-refractivity contribution >= 4 is 28.2 Å². The molecular formula is C18H18N4O3. The van der Waals surface area contributed by atoms with Gasteiger partial charge in [0, 0.05) is 42.3 Å². The summed E-state index contributed by atoms with van der Waals surface area (Å²) in [6.07, 6.45) is 2.61. The van der Waals surface area contributed by atoms with Gasteiger partial charge in [0.25, 0.3) is 11.6 Å². The summed E-state index contributed by atoms with van der Waals surface area (Å²) in [5.41, 5.74) is 2.70. The fraction of sp³-hybridized carbons (Fsp3) is 0.167. The minimum Gasteiger partial charge on any atom is -0.383 e. The van der Waals surface area contributed by atoms with E-state index in [9.17, 15) is 14.9 Å². The number of rotatable bonds is 6. The van der Waals surface area contributed by atoms with Gasteiger partial charge in [-0.1, -0.05) is 18.2 Å². The molecule has 0 spiro atoms. The lowest BCUT2D eigenvalue weighted by Crippen LogP contribution is -2.25. The molecule has 3 aromatic rings. The molecular weight excluding hydrogens is 320 g/mol. The zero-order valence-corrected chi connectivity index (χ0v) is 13.7. The fourth-order valence-electron chi connectivity index (χ4n) is 2.79. The van der Waals surface area contributed by atoms with E-state index in [-0.39, 0.29) is 17.2 Å². The SMILES string of the molecule is CNc1ccc(C(=O)NCCc2c[nH]c3ccccc23)cc1[N+](=O)[O-]. The molecule has 128 valence electrons. The zero-order valence-electron chi connectivity index (χ0n) is 13.7. The van der Waals surface area contributed by atoms with Crippen molar-refractivity contribution < 1.29 is 9.72 Å². The topological polar surface area (TPSA) is 100 Å². The highest BCUT2D eigenvalue weighted by atomic mass is 16.6. The van der Waals surface area contributed by atoms with Crippen molar-refractivity contribution in [1.29, 1.82) is 0 Å². The van der Waals surface area contributed by atoms with Gasteiger partial charge in [-0.3, -0.25) is 14.9 Å². The van der Waals surface area contributed by atoms with Crippen LogP contribution in [0.4, 0.5) is 11.4 Å². The molecule has 2 aromatic carbocycles. The van der Waals surface area contributed by atoms with Crippen LogP contribution in [0.3, 0.4) is 0 Å². The summed E-state index contributed by atoms with van der Waals surface area (Å²) in [4.78, 5) is 26.0. The first-order valence-electron chi connectivity index (χ1n) is 7.89. The van der Waals surface area contributed by atoms with Gasteiger partial charge in [0.1, 0.15) is 5.69 Å². The Labute approximate surface area is 144 Å². The Bertz CT molecular complexity index is 933. The molecule has 1 amide bonds. The van der Waals surface area contributed by atoms with Crippen molar-refractivity contribution in [3.8, 4) is 0 Å². The average Bonchev–Trinajstić information content (AvgIpc) is 3.04. The van der Waals surface area contributed by atoms with Crippen LogP contribution in [0.5, 0.6) is 0 Å². The second-order valence-corrected chi connectivity index (χ2v) is 5.60. The monoisotopic (exact) mass is 338 g/mol. The highest BCUT2D eigenvalue weighted by Gasteiger charge is 2.16. The molecule has 0 fully saturated rings. The number of nitro groups is 1. The van der Waals surface area contributed by atoms with E-state index in [2.05, 4.69) is 15.6 Å². The molecule has 0 bridgehead atoms. The van der Waals surface area contributed by atoms with Gasteiger partial charge < -0.3 is 15.6 Å². The molecule has 0 atom stereocenters. The van der Waals surface area contributed by atoms with Crippen molar-refractivity contribution in [3.63, 3.8) is 0 Å². The number of fused-ring (bicyclic) bond motifs is 1. The predicted octanol–water partition coefficient (Wildman–Crippen LogP) is 3.09. The van der Waals surface area contributed by atoms with Crippen LogP contribution in [0.1, 0.15) is 15.9 Å². The van der Waals surface area contributed by atoms with Gasteiger partial charge in [0.15, 0.2) is 0 Å². The van der Waals surface area contributed by atoms with Crippen LogP contribution < -0.4 is 10.6 Å². The number of carbonyl (C=O) groups excluding carboxylic acids is 1. The van der Waals surface area contributed by atoms with Crippen LogP contribution >= 0.6 is 0 Å². The molecule has 0 aliphatic heterocycles. The minimum atomic E-state index is -0.505. The Hall–Kier alpha value is -3.35. The molecule has 25 heavy (non-hydrogen) atoms. The number of aromatic nitrogens is 1. The van der Waals surface area contributed by atoms with E-state index >= 15 is 0 Å². The first-order valence-corrected chi connectivity index (χ1v) is 7.89. The van der Waals surface area contributed by atoms with E-state index in [0.717, 1.165) is 16.5 Å². The van der Waals surface area contributed by atoms with E-state index < -0.39 is 4.92 Å². The molecule has 0 saturated carbocycles. The van der Waals surface area contributed by atoms with Gasteiger partial charge in [-0.15, -0.1) is 0 Å². The number of nitro benzene ring substituents is 1. The lowest BCUT2D eigenvalue weighted by molar-refractivity contribution is -0.384. The molecule has 1 aromatic heterocycles. The van der Waals surface area contributed by atoms with Crippen LogP contribution in [-0.2, 0) is 6.42 Å². The maximum atomic E-state index is 12.2. The summed E-state index contributed by atoms with van der Waals surface area (Å²) in [5.74, 6) is -0.328. The van der Waals surface area contributed by atoms with Gasteiger partial charge >= 0.3 is 0 Å². The maximum Gasteiger partial charge on any atom is 0.293 e. The second-order valence-electron chi connectivity index (χ2n) is 5.60. The number of H-pyrrole nitrogens is 1. The summed E-state index contributed by atoms with van der Waals surface area (Å²) >= 11 is 0. The van der Waals surface area contributed by atoms with Crippen LogP contribution in [-0.4, -0.2) is 29.4 Å². The number of nitrogens with zero attached hydrogens (tertiary/aromatic N) is 1. The highest BCUT2D eigenvalue weighted by molar-refractivity contribution is 5.95.